The predicted octanol–water partition coefficient (Wildman–Crippen LogP) is 4.91. The summed E-state index contributed by atoms with van der Waals surface area (Å²) in [4.78, 5) is 11.2. The van der Waals surface area contributed by atoms with Gasteiger partial charge >= 0.3 is 0 Å². The van der Waals surface area contributed by atoms with Gasteiger partial charge in [-0.3, -0.25) is 4.79 Å². The summed E-state index contributed by atoms with van der Waals surface area (Å²) in [5.74, 6) is 1.24. The molecule has 0 bridgehead atoms. The number of hydrogen-bond donors (Lipinski definition) is 1. The molecule has 1 fully saturated rings. The van der Waals surface area contributed by atoms with E-state index in [0.29, 0.717) is 11.8 Å². The fourth-order valence-electron chi connectivity index (χ4n) is 5.03. The van der Waals surface area contributed by atoms with E-state index in [1.54, 1.807) is 6.92 Å². The Morgan fingerprint density at radius 1 is 1.15 bits per heavy atom. The topological polar surface area (TPSA) is 34.0 Å². The largest absolute Gasteiger partial charge is 0.356 e. The second-order valence-corrected chi connectivity index (χ2v) is 8.42. The van der Waals surface area contributed by atoms with Gasteiger partial charge in [0.15, 0.2) is 0 Å². The van der Waals surface area contributed by atoms with Gasteiger partial charge in [-0.25, -0.2) is 0 Å². The van der Waals surface area contributed by atoms with Crippen LogP contribution in [0.2, 0.25) is 0 Å². The van der Waals surface area contributed by atoms with E-state index < -0.39 is 0 Å². The molecule has 1 amide bonds. The molecule has 4 rings (SSSR count). The van der Waals surface area contributed by atoms with Crippen LogP contribution in [0.15, 0.2) is 36.4 Å². The molecule has 3 nitrogen and oxygen atoms in total. The van der Waals surface area contributed by atoms with Gasteiger partial charge in [-0.05, 0) is 41.5 Å². The highest BCUT2D eigenvalue weighted by Gasteiger charge is 2.58. The summed E-state index contributed by atoms with van der Waals surface area (Å²) in [6, 6.07) is 13.2. The summed E-state index contributed by atoms with van der Waals surface area (Å²) in [6.45, 7) is 9.36. The predicted molar refractivity (Wildman–Crippen MR) is 108 cm³/mol. The molecule has 2 aromatic carbocycles. The zero-order valence-corrected chi connectivity index (χ0v) is 16.4. The maximum absolute atomic E-state index is 11.2. The molecule has 1 aromatic heterocycles. The van der Waals surface area contributed by atoms with Crippen LogP contribution in [0.4, 0.5) is 0 Å². The SMILES string of the molecule is CC(=O)NCC[C@@H]1[C@H](c2c(C)n(C)c3c2ccc2ccccc23)C1(C)C. The van der Waals surface area contributed by atoms with Crippen molar-refractivity contribution in [1.82, 2.24) is 9.88 Å². The van der Waals surface area contributed by atoms with Crippen molar-refractivity contribution >= 4 is 27.6 Å². The van der Waals surface area contributed by atoms with Crippen molar-refractivity contribution in [2.24, 2.45) is 18.4 Å². The number of fused-ring (bicyclic) bond motifs is 3. The third-order valence-electron chi connectivity index (χ3n) is 6.61. The number of aromatic nitrogens is 1. The Morgan fingerprint density at radius 2 is 1.88 bits per heavy atom. The van der Waals surface area contributed by atoms with Crippen LogP contribution in [-0.2, 0) is 11.8 Å². The molecule has 136 valence electrons. The molecule has 26 heavy (non-hydrogen) atoms. The molecular formula is C23H28N2O. The van der Waals surface area contributed by atoms with E-state index in [4.69, 9.17) is 0 Å². The van der Waals surface area contributed by atoms with E-state index in [1.807, 2.05) is 0 Å². The van der Waals surface area contributed by atoms with Crippen molar-refractivity contribution in [3.05, 3.63) is 47.7 Å². The first-order chi connectivity index (χ1) is 12.3. The van der Waals surface area contributed by atoms with Crippen molar-refractivity contribution in [2.75, 3.05) is 6.54 Å². The zero-order chi connectivity index (χ0) is 18.6. The van der Waals surface area contributed by atoms with Crippen LogP contribution in [0.25, 0.3) is 21.7 Å². The molecule has 1 N–H and O–H groups in total. The van der Waals surface area contributed by atoms with Gasteiger partial charge in [0.1, 0.15) is 0 Å². The molecule has 1 saturated carbocycles. The van der Waals surface area contributed by atoms with Crippen molar-refractivity contribution in [1.29, 1.82) is 0 Å². The molecule has 0 unspecified atom stereocenters. The van der Waals surface area contributed by atoms with Gasteiger partial charge in [0, 0.05) is 37.0 Å². The van der Waals surface area contributed by atoms with Crippen LogP contribution in [0.3, 0.4) is 0 Å². The lowest BCUT2D eigenvalue weighted by molar-refractivity contribution is -0.118. The third-order valence-corrected chi connectivity index (χ3v) is 6.61. The Hall–Kier alpha value is -2.29. The van der Waals surface area contributed by atoms with Crippen molar-refractivity contribution in [2.45, 2.75) is 40.0 Å². The fourth-order valence-corrected chi connectivity index (χ4v) is 5.03. The van der Waals surface area contributed by atoms with Crippen LogP contribution in [-0.4, -0.2) is 17.0 Å². The highest BCUT2D eigenvalue weighted by molar-refractivity contribution is 6.07. The molecule has 1 aliphatic rings. The van der Waals surface area contributed by atoms with Crippen LogP contribution in [0.1, 0.15) is 44.4 Å². The lowest BCUT2D eigenvalue weighted by atomic mass is 9.98. The number of hydrogen-bond acceptors (Lipinski definition) is 1. The summed E-state index contributed by atoms with van der Waals surface area (Å²) in [6.07, 6.45) is 1.04. The van der Waals surface area contributed by atoms with Crippen LogP contribution >= 0.6 is 0 Å². The van der Waals surface area contributed by atoms with Gasteiger partial charge in [0.25, 0.3) is 0 Å². The second-order valence-electron chi connectivity index (χ2n) is 8.42. The summed E-state index contributed by atoms with van der Waals surface area (Å²) >= 11 is 0. The number of carbonyl (C=O) groups excluding carboxylic acids is 1. The lowest BCUT2D eigenvalue weighted by Crippen LogP contribution is -2.21. The minimum Gasteiger partial charge on any atom is -0.356 e. The Bertz CT molecular complexity index is 1010. The number of aryl methyl sites for hydroxylation is 1. The first-order valence-corrected chi connectivity index (χ1v) is 9.55. The van der Waals surface area contributed by atoms with E-state index in [1.165, 1.54) is 32.9 Å². The Morgan fingerprint density at radius 3 is 2.62 bits per heavy atom. The Balaban J connectivity index is 1.79. The maximum atomic E-state index is 11.2. The monoisotopic (exact) mass is 348 g/mol. The number of nitrogens with one attached hydrogen (secondary N) is 1. The molecule has 2 atom stereocenters. The third kappa shape index (κ3) is 2.45. The molecular weight excluding hydrogens is 320 g/mol. The second kappa shape index (κ2) is 5.87. The van der Waals surface area contributed by atoms with Crippen molar-refractivity contribution in [3.8, 4) is 0 Å². The average molecular weight is 348 g/mol. The highest BCUT2D eigenvalue weighted by Crippen LogP contribution is 2.67. The number of nitrogens with zero attached hydrogens (tertiary/aromatic N) is 1. The molecule has 1 aliphatic carbocycles. The summed E-state index contributed by atoms with van der Waals surface area (Å²) < 4.78 is 2.37. The van der Waals surface area contributed by atoms with E-state index >= 15 is 0 Å². The number of rotatable bonds is 4. The summed E-state index contributed by atoms with van der Waals surface area (Å²) in [7, 11) is 2.19. The molecule has 0 radical (unpaired) electrons. The van der Waals surface area contributed by atoms with Crippen LogP contribution in [0, 0.1) is 18.3 Å². The first kappa shape index (κ1) is 17.1. The minimum absolute atomic E-state index is 0.0628. The highest BCUT2D eigenvalue weighted by atomic mass is 16.1. The Labute approximate surface area is 155 Å². The number of amides is 1. The van der Waals surface area contributed by atoms with E-state index in [0.717, 1.165) is 13.0 Å². The standard InChI is InChI=1S/C23H28N2O/c1-14-20(21-19(23(21,3)4)12-13-24-15(2)26)18-11-10-16-8-6-7-9-17(16)22(18)25(14)5/h6-11,19,21H,12-13H2,1-5H3,(H,24,26)/t19-,21-/m1/s1. The van der Waals surface area contributed by atoms with E-state index in [2.05, 4.69) is 74.1 Å². The summed E-state index contributed by atoms with van der Waals surface area (Å²) in [5.41, 5.74) is 4.50. The lowest BCUT2D eigenvalue weighted by Gasteiger charge is -2.04. The smallest absolute Gasteiger partial charge is 0.216 e. The van der Waals surface area contributed by atoms with Gasteiger partial charge in [-0.2, -0.15) is 0 Å². The van der Waals surface area contributed by atoms with Crippen molar-refractivity contribution in [3.63, 3.8) is 0 Å². The minimum atomic E-state index is 0.0628. The quantitative estimate of drug-likeness (QED) is 0.714. The number of benzene rings is 2. The maximum Gasteiger partial charge on any atom is 0.216 e. The zero-order valence-electron chi connectivity index (χ0n) is 16.4. The van der Waals surface area contributed by atoms with Gasteiger partial charge in [0.05, 0.1) is 5.52 Å². The fraction of sp³-hybridized carbons (Fsp3) is 0.435. The number of carbonyl (C=O) groups is 1. The van der Waals surface area contributed by atoms with E-state index in [-0.39, 0.29) is 11.3 Å². The van der Waals surface area contributed by atoms with Crippen molar-refractivity contribution < 1.29 is 4.79 Å². The molecule has 3 aromatic rings. The molecule has 3 heteroatoms. The van der Waals surface area contributed by atoms with Crippen LogP contribution < -0.4 is 5.32 Å². The van der Waals surface area contributed by atoms with E-state index in [9.17, 15) is 4.79 Å². The van der Waals surface area contributed by atoms with Gasteiger partial charge in [-0.1, -0.05) is 50.2 Å². The molecule has 0 saturated heterocycles. The molecule has 0 spiro atoms. The normalized spacial score (nSPS) is 21.3. The van der Waals surface area contributed by atoms with Crippen LogP contribution in [0.5, 0.6) is 0 Å². The average Bonchev–Trinajstić information content (AvgIpc) is 3.03. The molecule has 1 heterocycles. The van der Waals surface area contributed by atoms with Gasteiger partial charge < -0.3 is 9.88 Å². The first-order valence-electron chi connectivity index (χ1n) is 9.55. The summed E-state index contributed by atoms with van der Waals surface area (Å²) in [5, 5.41) is 6.98. The molecule has 0 aliphatic heterocycles. The van der Waals surface area contributed by atoms with Gasteiger partial charge in [-0.15, -0.1) is 0 Å². The Kier molecular flexibility index (Phi) is 3.87. The van der Waals surface area contributed by atoms with Gasteiger partial charge in [0.2, 0.25) is 5.91 Å².